The minimum Gasteiger partial charge on any atom is -0.495 e. The lowest BCUT2D eigenvalue weighted by Gasteiger charge is -2.35. The number of amides is 1. The Labute approximate surface area is 173 Å². The van der Waals surface area contributed by atoms with E-state index in [-0.39, 0.29) is 5.91 Å². The van der Waals surface area contributed by atoms with Gasteiger partial charge in [0.05, 0.1) is 12.8 Å². The van der Waals surface area contributed by atoms with Crippen LogP contribution in [0.3, 0.4) is 0 Å². The predicted octanol–water partition coefficient (Wildman–Crippen LogP) is 3.07. The topological polar surface area (TPSA) is 70.6 Å². The van der Waals surface area contributed by atoms with Gasteiger partial charge >= 0.3 is 0 Å². The van der Waals surface area contributed by atoms with Gasteiger partial charge in [0.15, 0.2) is 0 Å². The first-order valence-electron chi connectivity index (χ1n) is 10.2. The molecule has 1 fully saturated rings. The second-order valence-electron chi connectivity index (χ2n) is 7.71. The summed E-state index contributed by atoms with van der Waals surface area (Å²) in [4.78, 5) is 26.2. The number of hydrogen-bond acceptors (Lipinski definition) is 6. The number of methoxy groups -OCH3 is 1. The molecule has 7 heteroatoms. The van der Waals surface area contributed by atoms with E-state index in [1.807, 2.05) is 31.2 Å². The van der Waals surface area contributed by atoms with Crippen molar-refractivity contribution in [2.24, 2.45) is 0 Å². The van der Waals surface area contributed by atoms with E-state index in [2.05, 4.69) is 40.0 Å². The molecule has 1 aliphatic rings. The number of aryl methyl sites for hydroxylation is 1. The Morgan fingerprint density at radius 2 is 1.90 bits per heavy atom. The number of piperazine rings is 1. The summed E-state index contributed by atoms with van der Waals surface area (Å²) in [6, 6.07) is 9.52. The molecule has 29 heavy (non-hydrogen) atoms. The molecule has 1 aromatic heterocycles. The highest BCUT2D eigenvalue weighted by Crippen LogP contribution is 2.23. The standard InChI is InChI=1S/C22H31N5O2/c1-16(2)22-23-17(3)15-20(25-22)27-13-11-26(12-14-27)10-9-21(28)24-18-7-5-6-8-19(18)29-4/h5-8,15-16H,9-14H2,1-4H3,(H,24,28). The van der Waals surface area contributed by atoms with Crippen LogP contribution in [0.25, 0.3) is 0 Å². The second kappa shape index (κ2) is 9.69. The third-order valence-corrected chi connectivity index (χ3v) is 5.11. The van der Waals surface area contributed by atoms with Crippen molar-refractivity contribution in [3.05, 3.63) is 41.9 Å². The zero-order valence-electron chi connectivity index (χ0n) is 17.8. The van der Waals surface area contributed by atoms with Crippen molar-refractivity contribution in [3.63, 3.8) is 0 Å². The normalized spacial score (nSPS) is 14.9. The van der Waals surface area contributed by atoms with E-state index in [0.717, 1.165) is 50.1 Å². The molecular weight excluding hydrogens is 366 g/mol. The van der Waals surface area contributed by atoms with E-state index in [1.165, 1.54) is 0 Å². The highest BCUT2D eigenvalue weighted by atomic mass is 16.5. The van der Waals surface area contributed by atoms with Gasteiger partial charge in [-0.15, -0.1) is 0 Å². The van der Waals surface area contributed by atoms with Crippen LogP contribution in [0.15, 0.2) is 30.3 Å². The van der Waals surface area contributed by atoms with Crippen molar-refractivity contribution in [2.45, 2.75) is 33.1 Å². The van der Waals surface area contributed by atoms with Crippen molar-refractivity contribution >= 4 is 17.4 Å². The summed E-state index contributed by atoms with van der Waals surface area (Å²) >= 11 is 0. The molecular formula is C22H31N5O2. The number of rotatable bonds is 7. The average molecular weight is 398 g/mol. The lowest BCUT2D eigenvalue weighted by atomic mass is 10.2. The Bertz CT molecular complexity index is 832. The fraction of sp³-hybridized carbons (Fsp3) is 0.500. The van der Waals surface area contributed by atoms with Gasteiger partial charge in [-0.1, -0.05) is 26.0 Å². The molecule has 1 N–H and O–H groups in total. The van der Waals surface area contributed by atoms with Gasteiger partial charge in [-0.2, -0.15) is 0 Å². The van der Waals surface area contributed by atoms with E-state index in [9.17, 15) is 4.79 Å². The lowest BCUT2D eigenvalue weighted by molar-refractivity contribution is -0.116. The Morgan fingerprint density at radius 3 is 2.59 bits per heavy atom. The molecule has 7 nitrogen and oxygen atoms in total. The fourth-order valence-electron chi connectivity index (χ4n) is 3.42. The highest BCUT2D eigenvalue weighted by molar-refractivity contribution is 5.92. The minimum atomic E-state index is 0.00456. The fourth-order valence-corrected chi connectivity index (χ4v) is 3.42. The number of aromatic nitrogens is 2. The zero-order valence-corrected chi connectivity index (χ0v) is 17.8. The first-order chi connectivity index (χ1) is 14.0. The smallest absolute Gasteiger partial charge is 0.225 e. The van der Waals surface area contributed by atoms with Crippen LogP contribution in [-0.2, 0) is 4.79 Å². The Kier molecular flexibility index (Phi) is 7.04. The van der Waals surface area contributed by atoms with E-state index in [4.69, 9.17) is 9.72 Å². The summed E-state index contributed by atoms with van der Waals surface area (Å²) in [5, 5.41) is 2.94. The van der Waals surface area contributed by atoms with Crippen LogP contribution in [0, 0.1) is 6.92 Å². The Balaban J connectivity index is 1.48. The summed E-state index contributed by atoms with van der Waals surface area (Å²) in [6.45, 7) is 10.6. The molecule has 1 aromatic carbocycles. The molecule has 3 rings (SSSR count). The Morgan fingerprint density at radius 1 is 1.17 bits per heavy atom. The largest absolute Gasteiger partial charge is 0.495 e. The highest BCUT2D eigenvalue weighted by Gasteiger charge is 2.20. The summed E-state index contributed by atoms with van der Waals surface area (Å²) in [5.74, 6) is 2.90. The lowest BCUT2D eigenvalue weighted by Crippen LogP contribution is -2.47. The number of hydrogen-bond donors (Lipinski definition) is 1. The second-order valence-corrected chi connectivity index (χ2v) is 7.71. The first kappa shape index (κ1) is 21.0. The molecule has 0 saturated carbocycles. The van der Waals surface area contributed by atoms with Crippen LogP contribution in [0.2, 0.25) is 0 Å². The summed E-state index contributed by atoms with van der Waals surface area (Å²) in [5.41, 5.74) is 1.72. The Hall–Kier alpha value is -2.67. The maximum Gasteiger partial charge on any atom is 0.225 e. The van der Waals surface area contributed by atoms with Crippen molar-refractivity contribution in [1.82, 2.24) is 14.9 Å². The zero-order chi connectivity index (χ0) is 20.8. The van der Waals surface area contributed by atoms with Crippen LogP contribution in [0.4, 0.5) is 11.5 Å². The number of nitrogens with one attached hydrogen (secondary N) is 1. The number of carbonyl (C=O) groups is 1. The maximum absolute atomic E-state index is 12.3. The number of nitrogens with zero attached hydrogens (tertiary/aromatic N) is 4. The quantitative estimate of drug-likeness (QED) is 0.774. The van der Waals surface area contributed by atoms with Crippen LogP contribution in [0.5, 0.6) is 5.75 Å². The number of benzene rings is 1. The van der Waals surface area contributed by atoms with Crippen LogP contribution >= 0.6 is 0 Å². The van der Waals surface area contributed by atoms with Crippen LogP contribution < -0.4 is 15.0 Å². The summed E-state index contributed by atoms with van der Waals surface area (Å²) in [7, 11) is 1.60. The van der Waals surface area contributed by atoms with Crippen molar-refractivity contribution < 1.29 is 9.53 Å². The molecule has 156 valence electrons. The van der Waals surface area contributed by atoms with Crippen molar-refractivity contribution in [3.8, 4) is 5.75 Å². The molecule has 0 aliphatic carbocycles. The number of anilines is 2. The van der Waals surface area contributed by atoms with Crippen LogP contribution in [-0.4, -0.2) is 60.6 Å². The summed E-state index contributed by atoms with van der Waals surface area (Å²) in [6.07, 6.45) is 0.460. The predicted molar refractivity (Wildman–Crippen MR) is 116 cm³/mol. The number of ether oxygens (including phenoxy) is 1. The molecule has 0 atom stereocenters. The van der Waals surface area contributed by atoms with Crippen LogP contribution in [0.1, 0.15) is 37.7 Å². The molecule has 0 radical (unpaired) electrons. The monoisotopic (exact) mass is 397 g/mol. The molecule has 2 aromatic rings. The average Bonchev–Trinajstić information content (AvgIpc) is 2.72. The third-order valence-electron chi connectivity index (χ3n) is 5.11. The minimum absolute atomic E-state index is 0.00456. The summed E-state index contributed by atoms with van der Waals surface area (Å²) < 4.78 is 5.28. The molecule has 0 spiro atoms. The third kappa shape index (κ3) is 5.67. The van der Waals surface area contributed by atoms with E-state index in [0.29, 0.717) is 23.8 Å². The van der Waals surface area contributed by atoms with Gasteiger partial charge in [0.2, 0.25) is 5.91 Å². The van der Waals surface area contributed by atoms with Gasteiger partial charge in [0.25, 0.3) is 0 Å². The van der Waals surface area contributed by atoms with Gasteiger partial charge in [0.1, 0.15) is 17.4 Å². The molecule has 1 aliphatic heterocycles. The molecule has 1 amide bonds. The van der Waals surface area contributed by atoms with E-state index < -0.39 is 0 Å². The van der Waals surface area contributed by atoms with Gasteiger partial charge in [-0.25, -0.2) is 9.97 Å². The van der Waals surface area contributed by atoms with E-state index in [1.54, 1.807) is 7.11 Å². The molecule has 0 unspecified atom stereocenters. The molecule has 2 heterocycles. The van der Waals surface area contributed by atoms with Crippen molar-refractivity contribution in [1.29, 1.82) is 0 Å². The van der Waals surface area contributed by atoms with Gasteiger partial charge in [0, 0.05) is 56.8 Å². The van der Waals surface area contributed by atoms with E-state index >= 15 is 0 Å². The van der Waals surface area contributed by atoms with Crippen molar-refractivity contribution in [2.75, 3.05) is 50.1 Å². The first-order valence-corrected chi connectivity index (χ1v) is 10.2. The van der Waals surface area contributed by atoms with Gasteiger partial charge < -0.3 is 15.0 Å². The van der Waals surface area contributed by atoms with Gasteiger partial charge in [-0.05, 0) is 19.1 Å². The SMILES string of the molecule is COc1ccccc1NC(=O)CCN1CCN(c2cc(C)nc(C(C)C)n2)CC1. The number of para-hydroxylation sites is 2. The number of carbonyl (C=O) groups excluding carboxylic acids is 1. The maximum atomic E-state index is 12.3. The molecule has 1 saturated heterocycles. The molecule has 0 bridgehead atoms. The van der Waals surface area contributed by atoms with Gasteiger partial charge in [-0.3, -0.25) is 9.69 Å².